The first-order chi connectivity index (χ1) is 12.9. The van der Waals surface area contributed by atoms with Gasteiger partial charge in [-0.15, -0.1) is 0 Å². The van der Waals surface area contributed by atoms with E-state index in [2.05, 4.69) is 26.1 Å². The molecule has 0 aliphatic carbocycles. The number of aryl methyl sites for hydroxylation is 1. The molecule has 0 aliphatic heterocycles. The number of carbonyl (C=O) groups is 2. The summed E-state index contributed by atoms with van der Waals surface area (Å²) in [4.78, 5) is 19.1. The molecule has 1 atom stereocenters. The zero-order valence-corrected chi connectivity index (χ0v) is 16.8. The molecular formula is C20H31NO7. The quantitative estimate of drug-likeness (QED) is 0.394. The van der Waals surface area contributed by atoms with E-state index in [4.69, 9.17) is 20.1 Å². The molecule has 158 valence electrons. The summed E-state index contributed by atoms with van der Waals surface area (Å²) in [5, 5.41) is 37.8. The van der Waals surface area contributed by atoms with E-state index in [1.165, 1.54) is 0 Å². The molecule has 8 nitrogen and oxygen atoms in total. The number of carboxylic acids is 2. The Kier molecular flexibility index (Phi) is 11.8. The predicted molar refractivity (Wildman–Crippen MR) is 106 cm³/mol. The van der Waals surface area contributed by atoms with E-state index in [1.54, 1.807) is 0 Å². The van der Waals surface area contributed by atoms with Crippen LogP contribution in [0.4, 0.5) is 0 Å². The lowest BCUT2D eigenvalue weighted by Crippen LogP contribution is -2.42. The number of rotatable bonds is 9. The Morgan fingerprint density at radius 1 is 1.18 bits per heavy atom. The van der Waals surface area contributed by atoms with Gasteiger partial charge in [-0.3, -0.25) is 0 Å². The molecule has 1 aromatic rings. The Hall–Kier alpha value is -2.42. The van der Waals surface area contributed by atoms with Crippen molar-refractivity contribution in [2.24, 2.45) is 0 Å². The van der Waals surface area contributed by atoms with Crippen molar-refractivity contribution in [3.8, 4) is 5.75 Å². The van der Waals surface area contributed by atoms with Crippen LogP contribution >= 0.6 is 0 Å². The van der Waals surface area contributed by atoms with E-state index in [0.717, 1.165) is 16.9 Å². The van der Waals surface area contributed by atoms with E-state index < -0.39 is 18.0 Å². The van der Waals surface area contributed by atoms with Crippen LogP contribution in [0.1, 0.15) is 31.9 Å². The topological polar surface area (TPSA) is 136 Å². The van der Waals surface area contributed by atoms with Crippen LogP contribution < -0.4 is 10.1 Å². The van der Waals surface area contributed by atoms with E-state index in [0.29, 0.717) is 25.1 Å². The van der Waals surface area contributed by atoms with Crippen molar-refractivity contribution in [1.82, 2.24) is 5.32 Å². The zero-order valence-electron chi connectivity index (χ0n) is 16.8. The molecule has 1 aromatic carbocycles. The smallest absolute Gasteiger partial charge is 0.328 e. The average molecular weight is 397 g/mol. The number of nitrogens with one attached hydrogen (secondary N) is 1. The molecule has 28 heavy (non-hydrogen) atoms. The van der Waals surface area contributed by atoms with Crippen molar-refractivity contribution in [2.75, 3.05) is 19.8 Å². The van der Waals surface area contributed by atoms with E-state index in [9.17, 15) is 14.7 Å². The molecule has 0 spiro atoms. The summed E-state index contributed by atoms with van der Waals surface area (Å²) in [7, 11) is 0. The van der Waals surface area contributed by atoms with Crippen molar-refractivity contribution < 1.29 is 34.8 Å². The molecule has 0 saturated heterocycles. The average Bonchev–Trinajstić information content (AvgIpc) is 2.58. The number of aliphatic hydroxyl groups excluding tert-OH is 2. The van der Waals surface area contributed by atoms with Crippen molar-refractivity contribution >= 4 is 11.9 Å². The molecule has 0 aliphatic rings. The van der Waals surface area contributed by atoms with Crippen LogP contribution in [0.25, 0.3) is 0 Å². The Labute approximate surface area is 165 Å². The molecule has 1 rings (SSSR count). The van der Waals surface area contributed by atoms with Crippen LogP contribution in [-0.4, -0.2) is 63.8 Å². The van der Waals surface area contributed by atoms with E-state index in [-0.39, 0.29) is 18.8 Å². The normalized spacial score (nSPS) is 12.2. The Balaban J connectivity index is 0.000000769. The van der Waals surface area contributed by atoms with Gasteiger partial charge in [0.1, 0.15) is 18.5 Å². The van der Waals surface area contributed by atoms with Gasteiger partial charge in [-0.05, 0) is 45.7 Å². The second-order valence-electron chi connectivity index (χ2n) is 7.19. The highest BCUT2D eigenvalue weighted by atomic mass is 16.5. The summed E-state index contributed by atoms with van der Waals surface area (Å²) >= 11 is 0. The summed E-state index contributed by atoms with van der Waals surface area (Å²) in [5.74, 6) is -1.78. The van der Waals surface area contributed by atoms with Gasteiger partial charge in [0, 0.05) is 30.8 Å². The summed E-state index contributed by atoms with van der Waals surface area (Å²) in [6.45, 7) is 9.00. The number of hydrogen-bond acceptors (Lipinski definition) is 6. The molecule has 0 radical (unpaired) electrons. The number of benzene rings is 1. The van der Waals surface area contributed by atoms with Crippen LogP contribution in [0, 0.1) is 6.92 Å². The summed E-state index contributed by atoms with van der Waals surface area (Å²) in [6.07, 6.45) is 1.12. The lowest BCUT2D eigenvalue weighted by Gasteiger charge is -2.23. The number of aliphatic carboxylic acids is 2. The molecule has 0 unspecified atom stereocenters. The van der Waals surface area contributed by atoms with Crippen molar-refractivity contribution in [3.05, 3.63) is 41.5 Å². The predicted octanol–water partition coefficient (Wildman–Crippen LogP) is 1.37. The molecule has 5 N–H and O–H groups in total. The Morgan fingerprint density at radius 3 is 2.21 bits per heavy atom. The maximum absolute atomic E-state index is 9.91. The number of carboxylic acid groups (broad SMARTS) is 2. The van der Waals surface area contributed by atoms with Gasteiger partial charge >= 0.3 is 11.9 Å². The SMILES string of the molecule is Cc1ccc(OC[C@@H](O)CNC(C)(C)C)c(CCO)c1.O=C(O)/C=C\C(=O)O. The lowest BCUT2D eigenvalue weighted by molar-refractivity contribution is -0.134. The van der Waals surface area contributed by atoms with Gasteiger partial charge in [-0.1, -0.05) is 17.7 Å². The number of ether oxygens (including phenoxy) is 1. The molecule has 0 saturated carbocycles. The first-order valence-corrected chi connectivity index (χ1v) is 8.85. The fraction of sp³-hybridized carbons (Fsp3) is 0.500. The van der Waals surface area contributed by atoms with Gasteiger partial charge in [-0.2, -0.15) is 0 Å². The molecule has 0 heterocycles. The van der Waals surface area contributed by atoms with Crippen LogP contribution in [0.5, 0.6) is 5.75 Å². The van der Waals surface area contributed by atoms with Crippen molar-refractivity contribution in [2.45, 2.75) is 45.8 Å². The summed E-state index contributed by atoms with van der Waals surface area (Å²) in [5.41, 5.74) is 2.09. The Morgan fingerprint density at radius 2 is 1.75 bits per heavy atom. The minimum atomic E-state index is -1.26. The van der Waals surface area contributed by atoms with Gasteiger partial charge in [0.25, 0.3) is 0 Å². The zero-order chi connectivity index (χ0) is 21.7. The fourth-order valence-electron chi connectivity index (χ4n) is 1.98. The van der Waals surface area contributed by atoms with Gasteiger partial charge in [-0.25, -0.2) is 9.59 Å². The standard InChI is InChI=1S/C16H27NO3.C4H4O4/c1-12-5-6-15(13(9-12)7-8-18)20-11-14(19)10-17-16(2,3)4;5-3(6)1-2-4(7)8/h5-6,9,14,17-19H,7-8,10-11H2,1-4H3;1-2H,(H,5,6)(H,7,8)/b;2-1-/t14-;/m0./s1. The lowest BCUT2D eigenvalue weighted by atomic mass is 10.1. The minimum absolute atomic E-state index is 0.0209. The summed E-state index contributed by atoms with van der Waals surface area (Å²) in [6, 6.07) is 5.87. The van der Waals surface area contributed by atoms with Crippen LogP contribution in [-0.2, 0) is 16.0 Å². The largest absolute Gasteiger partial charge is 0.491 e. The highest BCUT2D eigenvalue weighted by Crippen LogP contribution is 2.20. The van der Waals surface area contributed by atoms with Gasteiger partial charge in [0.15, 0.2) is 0 Å². The van der Waals surface area contributed by atoms with Crippen LogP contribution in [0.3, 0.4) is 0 Å². The molecule has 0 fully saturated rings. The third-order valence-electron chi connectivity index (χ3n) is 3.26. The molecule has 0 amide bonds. The molecule has 0 bridgehead atoms. The highest BCUT2D eigenvalue weighted by Gasteiger charge is 2.13. The highest BCUT2D eigenvalue weighted by molar-refractivity contribution is 5.89. The van der Waals surface area contributed by atoms with Gasteiger partial charge in [0.2, 0.25) is 0 Å². The van der Waals surface area contributed by atoms with Crippen LogP contribution in [0.2, 0.25) is 0 Å². The van der Waals surface area contributed by atoms with E-state index >= 15 is 0 Å². The van der Waals surface area contributed by atoms with Crippen LogP contribution in [0.15, 0.2) is 30.4 Å². The second kappa shape index (κ2) is 12.9. The van der Waals surface area contributed by atoms with Crippen molar-refractivity contribution in [1.29, 1.82) is 0 Å². The van der Waals surface area contributed by atoms with E-state index in [1.807, 2.05) is 25.1 Å². The summed E-state index contributed by atoms with van der Waals surface area (Å²) < 4.78 is 5.67. The Bertz CT molecular complexity index is 634. The van der Waals surface area contributed by atoms with Gasteiger partial charge in [0.05, 0.1) is 0 Å². The number of aliphatic hydroxyl groups is 2. The maximum atomic E-state index is 9.91. The first kappa shape index (κ1) is 25.6. The molecular weight excluding hydrogens is 366 g/mol. The third kappa shape index (κ3) is 13.7. The number of β-amino-alcohol motifs (C(OH)–C–C–N with tert-alkyl or cyclic N) is 1. The monoisotopic (exact) mass is 397 g/mol. The third-order valence-corrected chi connectivity index (χ3v) is 3.26. The van der Waals surface area contributed by atoms with Crippen molar-refractivity contribution in [3.63, 3.8) is 0 Å². The number of hydrogen-bond donors (Lipinski definition) is 5. The first-order valence-electron chi connectivity index (χ1n) is 8.85. The minimum Gasteiger partial charge on any atom is -0.491 e. The molecule has 8 heteroatoms. The molecule has 0 aromatic heterocycles. The maximum Gasteiger partial charge on any atom is 0.328 e. The second-order valence-corrected chi connectivity index (χ2v) is 7.19. The van der Waals surface area contributed by atoms with Gasteiger partial charge < -0.3 is 30.5 Å². The fourth-order valence-corrected chi connectivity index (χ4v) is 1.98.